The fourth-order valence-electron chi connectivity index (χ4n) is 1.02. The largest absolute Gasteiger partial charge is 0.494 e. The Morgan fingerprint density at radius 2 is 1.94 bits per heavy atom. The second kappa shape index (κ2) is 5.72. The second-order valence-electron chi connectivity index (χ2n) is 3.14. The van der Waals surface area contributed by atoms with E-state index in [0.29, 0.717) is 22.2 Å². The minimum absolute atomic E-state index is 0.103. The standard InChI is InChI=1S/C9H11Cl2NO3S/c10-8-3-2-7(6-9(8)11)15-4-1-5-16(12,13)14/h2-3,6H,1,4-5H2,(H2,12,13,14). The molecule has 90 valence electrons. The summed E-state index contributed by atoms with van der Waals surface area (Å²) in [6.45, 7) is 0.258. The molecule has 4 nitrogen and oxygen atoms in total. The quantitative estimate of drug-likeness (QED) is 0.841. The zero-order valence-corrected chi connectivity index (χ0v) is 10.6. The zero-order chi connectivity index (χ0) is 12.2. The summed E-state index contributed by atoms with van der Waals surface area (Å²) in [5.41, 5.74) is 0. The Kier molecular flexibility index (Phi) is 4.86. The van der Waals surface area contributed by atoms with Gasteiger partial charge in [-0.1, -0.05) is 23.2 Å². The molecule has 0 aliphatic heterocycles. The third-order valence-electron chi connectivity index (χ3n) is 1.73. The van der Waals surface area contributed by atoms with E-state index in [0.717, 1.165) is 0 Å². The van der Waals surface area contributed by atoms with Crippen LogP contribution in [0.1, 0.15) is 6.42 Å². The topological polar surface area (TPSA) is 69.4 Å². The Labute approximate surface area is 104 Å². The molecule has 0 aromatic heterocycles. The summed E-state index contributed by atoms with van der Waals surface area (Å²) in [7, 11) is -3.42. The third kappa shape index (κ3) is 5.03. The lowest BCUT2D eigenvalue weighted by Crippen LogP contribution is -2.18. The number of benzene rings is 1. The number of ether oxygens (including phenoxy) is 1. The first-order chi connectivity index (χ1) is 7.38. The van der Waals surface area contributed by atoms with Crippen molar-refractivity contribution in [1.29, 1.82) is 0 Å². The summed E-state index contributed by atoms with van der Waals surface area (Å²) in [6.07, 6.45) is 0.332. The average Bonchev–Trinajstić information content (AvgIpc) is 2.17. The van der Waals surface area contributed by atoms with Gasteiger partial charge in [-0.2, -0.15) is 0 Å². The van der Waals surface area contributed by atoms with E-state index < -0.39 is 10.0 Å². The third-order valence-corrected chi connectivity index (χ3v) is 3.33. The molecule has 0 saturated carbocycles. The predicted octanol–water partition coefficient (Wildman–Crippen LogP) is 2.05. The van der Waals surface area contributed by atoms with Crippen LogP contribution < -0.4 is 9.88 Å². The van der Waals surface area contributed by atoms with Crippen molar-refractivity contribution in [1.82, 2.24) is 0 Å². The van der Waals surface area contributed by atoms with Crippen molar-refractivity contribution in [3.63, 3.8) is 0 Å². The van der Waals surface area contributed by atoms with Crippen LogP contribution in [-0.4, -0.2) is 20.8 Å². The summed E-state index contributed by atoms with van der Waals surface area (Å²) >= 11 is 11.5. The van der Waals surface area contributed by atoms with E-state index in [-0.39, 0.29) is 12.4 Å². The molecule has 7 heteroatoms. The van der Waals surface area contributed by atoms with Crippen LogP contribution in [0.4, 0.5) is 0 Å². The number of hydrogen-bond donors (Lipinski definition) is 1. The second-order valence-corrected chi connectivity index (χ2v) is 5.69. The molecule has 0 aliphatic rings. The highest BCUT2D eigenvalue weighted by Crippen LogP contribution is 2.26. The average molecular weight is 284 g/mol. The summed E-state index contributed by atoms with van der Waals surface area (Å²) in [6, 6.07) is 4.84. The van der Waals surface area contributed by atoms with Gasteiger partial charge in [0, 0.05) is 6.07 Å². The molecule has 0 aliphatic carbocycles. The molecule has 0 amide bonds. The van der Waals surface area contributed by atoms with Crippen LogP contribution in [0.25, 0.3) is 0 Å². The number of nitrogens with two attached hydrogens (primary N) is 1. The number of hydrogen-bond acceptors (Lipinski definition) is 3. The van der Waals surface area contributed by atoms with Crippen LogP contribution in [0.15, 0.2) is 18.2 Å². The molecular formula is C9H11Cl2NO3S. The Balaban J connectivity index is 2.41. The van der Waals surface area contributed by atoms with Crippen LogP contribution in [0.2, 0.25) is 10.0 Å². The van der Waals surface area contributed by atoms with Crippen molar-refractivity contribution in [2.24, 2.45) is 5.14 Å². The van der Waals surface area contributed by atoms with Gasteiger partial charge < -0.3 is 4.74 Å². The van der Waals surface area contributed by atoms with Gasteiger partial charge in [0.15, 0.2) is 0 Å². The van der Waals surface area contributed by atoms with Crippen LogP contribution in [-0.2, 0) is 10.0 Å². The van der Waals surface area contributed by atoms with Crippen molar-refractivity contribution in [2.45, 2.75) is 6.42 Å². The van der Waals surface area contributed by atoms with E-state index in [1.165, 1.54) is 0 Å². The van der Waals surface area contributed by atoms with Gasteiger partial charge in [-0.3, -0.25) is 0 Å². The molecule has 0 saturated heterocycles. The van der Waals surface area contributed by atoms with Crippen LogP contribution >= 0.6 is 23.2 Å². The SMILES string of the molecule is NS(=O)(=O)CCCOc1ccc(Cl)c(Cl)c1. The smallest absolute Gasteiger partial charge is 0.209 e. The van der Waals surface area contributed by atoms with Gasteiger partial charge in [0.1, 0.15) is 5.75 Å². The van der Waals surface area contributed by atoms with Gasteiger partial charge in [0.25, 0.3) is 0 Å². The highest BCUT2D eigenvalue weighted by molar-refractivity contribution is 7.89. The van der Waals surface area contributed by atoms with Crippen LogP contribution in [0, 0.1) is 0 Å². The highest BCUT2D eigenvalue weighted by atomic mass is 35.5. The fourth-order valence-corrected chi connectivity index (χ4v) is 1.83. The Bertz CT molecular complexity index is 462. The fraction of sp³-hybridized carbons (Fsp3) is 0.333. The number of primary sulfonamides is 1. The molecule has 0 fully saturated rings. The molecule has 2 N–H and O–H groups in total. The summed E-state index contributed by atoms with van der Waals surface area (Å²) in [5, 5.41) is 5.67. The monoisotopic (exact) mass is 283 g/mol. The molecule has 16 heavy (non-hydrogen) atoms. The van der Waals surface area contributed by atoms with E-state index in [2.05, 4.69) is 0 Å². The first-order valence-electron chi connectivity index (χ1n) is 4.47. The van der Waals surface area contributed by atoms with E-state index in [4.69, 9.17) is 33.1 Å². The predicted molar refractivity (Wildman–Crippen MR) is 64.5 cm³/mol. The van der Waals surface area contributed by atoms with E-state index >= 15 is 0 Å². The lowest BCUT2D eigenvalue weighted by atomic mass is 10.3. The highest BCUT2D eigenvalue weighted by Gasteiger charge is 2.03. The number of halogens is 2. The van der Waals surface area contributed by atoms with Gasteiger partial charge in [-0.15, -0.1) is 0 Å². The van der Waals surface area contributed by atoms with Crippen molar-refractivity contribution in [3.05, 3.63) is 28.2 Å². The minimum Gasteiger partial charge on any atom is -0.494 e. The van der Waals surface area contributed by atoms with Gasteiger partial charge in [0.05, 0.1) is 22.4 Å². The maximum absolute atomic E-state index is 10.6. The first-order valence-corrected chi connectivity index (χ1v) is 6.94. The molecule has 0 heterocycles. The Morgan fingerprint density at radius 1 is 1.25 bits per heavy atom. The van der Waals surface area contributed by atoms with Gasteiger partial charge >= 0.3 is 0 Å². The molecule has 1 aromatic rings. The minimum atomic E-state index is -3.42. The summed E-state index contributed by atoms with van der Waals surface area (Å²) < 4.78 is 26.5. The molecular weight excluding hydrogens is 273 g/mol. The molecule has 0 radical (unpaired) electrons. The Morgan fingerprint density at radius 3 is 2.50 bits per heavy atom. The van der Waals surface area contributed by atoms with Crippen molar-refractivity contribution in [2.75, 3.05) is 12.4 Å². The normalized spacial score (nSPS) is 11.4. The molecule has 0 spiro atoms. The van der Waals surface area contributed by atoms with Crippen molar-refractivity contribution in [3.8, 4) is 5.75 Å². The molecule has 1 aromatic carbocycles. The van der Waals surface area contributed by atoms with Crippen LogP contribution in [0.3, 0.4) is 0 Å². The van der Waals surface area contributed by atoms with Crippen molar-refractivity contribution < 1.29 is 13.2 Å². The first kappa shape index (κ1) is 13.6. The maximum atomic E-state index is 10.6. The Hall–Kier alpha value is -0.490. The summed E-state index contributed by atoms with van der Waals surface area (Å²) in [5.74, 6) is 0.442. The van der Waals surface area contributed by atoms with E-state index in [1.807, 2.05) is 0 Å². The van der Waals surface area contributed by atoms with E-state index in [1.54, 1.807) is 18.2 Å². The van der Waals surface area contributed by atoms with Crippen molar-refractivity contribution >= 4 is 33.2 Å². The molecule has 1 rings (SSSR count). The van der Waals surface area contributed by atoms with Crippen LogP contribution in [0.5, 0.6) is 5.75 Å². The maximum Gasteiger partial charge on any atom is 0.209 e. The molecule has 0 unspecified atom stereocenters. The van der Waals surface area contributed by atoms with Gasteiger partial charge in [-0.05, 0) is 18.6 Å². The molecule has 0 atom stereocenters. The zero-order valence-electron chi connectivity index (χ0n) is 8.32. The lowest BCUT2D eigenvalue weighted by molar-refractivity contribution is 0.317. The number of rotatable bonds is 5. The van der Waals surface area contributed by atoms with Gasteiger partial charge in [0.2, 0.25) is 10.0 Å². The van der Waals surface area contributed by atoms with E-state index in [9.17, 15) is 8.42 Å². The summed E-state index contributed by atoms with van der Waals surface area (Å²) in [4.78, 5) is 0. The number of sulfonamides is 1. The molecule has 0 bridgehead atoms. The lowest BCUT2D eigenvalue weighted by Gasteiger charge is -2.06. The van der Waals surface area contributed by atoms with Gasteiger partial charge in [-0.25, -0.2) is 13.6 Å².